The Morgan fingerprint density at radius 3 is 2.00 bits per heavy atom. The first-order chi connectivity index (χ1) is 18.0. The zero-order chi connectivity index (χ0) is 27.8. The van der Waals surface area contributed by atoms with Gasteiger partial charge in [0.05, 0.1) is 0 Å². The molecule has 7 heteroatoms. The summed E-state index contributed by atoms with van der Waals surface area (Å²) in [5.74, 6) is 1.03. The van der Waals surface area contributed by atoms with Crippen molar-refractivity contribution in [3.8, 4) is 0 Å². The quantitative estimate of drug-likeness (QED) is 0.268. The van der Waals surface area contributed by atoms with E-state index in [0.29, 0.717) is 61.4 Å². The van der Waals surface area contributed by atoms with E-state index in [4.69, 9.17) is 18.9 Å². The number of hydrogen-bond donors (Lipinski definition) is 0. The summed E-state index contributed by atoms with van der Waals surface area (Å²) < 4.78 is 23.4. The van der Waals surface area contributed by atoms with Crippen molar-refractivity contribution < 1.29 is 33.3 Å². The first-order valence-corrected chi connectivity index (χ1v) is 15.1. The lowest BCUT2D eigenvalue weighted by Gasteiger charge is -2.62. The molecular formula is C31H50O7. The van der Waals surface area contributed by atoms with Crippen molar-refractivity contribution in [3.05, 3.63) is 0 Å². The fraction of sp³-hybridized carbons (Fsp3) is 0.903. The Hall–Kier alpha value is -1.47. The molecule has 0 aromatic heterocycles. The van der Waals surface area contributed by atoms with Gasteiger partial charge in [0, 0.05) is 51.2 Å². The molecule has 0 aromatic carbocycles. The predicted octanol–water partition coefficient (Wildman–Crippen LogP) is 5.93. The molecule has 3 unspecified atom stereocenters. The highest BCUT2D eigenvalue weighted by molar-refractivity contribution is 5.83. The van der Waals surface area contributed by atoms with Crippen LogP contribution in [-0.4, -0.2) is 43.5 Å². The first-order valence-electron chi connectivity index (χ1n) is 15.1. The van der Waals surface area contributed by atoms with Crippen molar-refractivity contribution in [2.45, 2.75) is 112 Å². The number of ether oxygens (including phenoxy) is 4. The molecule has 4 saturated carbocycles. The zero-order valence-corrected chi connectivity index (χ0v) is 24.6. The minimum absolute atomic E-state index is 0.129. The molecule has 0 heterocycles. The fourth-order valence-corrected chi connectivity index (χ4v) is 9.73. The molecule has 0 N–H and O–H groups in total. The second kappa shape index (κ2) is 11.6. The van der Waals surface area contributed by atoms with Crippen molar-refractivity contribution >= 4 is 17.7 Å². The van der Waals surface area contributed by atoms with Crippen LogP contribution in [0.25, 0.3) is 0 Å². The van der Waals surface area contributed by atoms with E-state index in [9.17, 15) is 14.4 Å². The number of carbonyl (C=O) groups excluding carboxylic acids is 3. The van der Waals surface area contributed by atoms with E-state index >= 15 is 0 Å². The van der Waals surface area contributed by atoms with Crippen molar-refractivity contribution in [1.29, 1.82) is 0 Å². The summed E-state index contributed by atoms with van der Waals surface area (Å²) in [6, 6.07) is 0. The summed E-state index contributed by atoms with van der Waals surface area (Å²) in [4.78, 5) is 38.2. The Balaban J connectivity index is 1.71. The van der Waals surface area contributed by atoms with Gasteiger partial charge in [-0.25, -0.2) is 0 Å². The molecule has 4 aliphatic carbocycles. The molecule has 4 rings (SSSR count). The topological polar surface area (TPSA) is 88.1 Å². The Kier molecular flexibility index (Phi) is 8.98. The van der Waals surface area contributed by atoms with Gasteiger partial charge in [-0.05, 0) is 86.9 Å². The highest BCUT2D eigenvalue weighted by Gasteiger charge is 2.64. The zero-order valence-electron chi connectivity index (χ0n) is 24.6. The molecule has 0 saturated heterocycles. The Morgan fingerprint density at radius 1 is 0.868 bits per heavy atom. The molecule has 0 radical (unpaired) electrons. The summed E-state index contributed by atoms with van der Waals surface area (Å²) in [7, 11) is 0. The summed E-state index contributed by atoms with van der Waals surface area (Å²) >= 11 is 0. The molecule has 0 spiro atoms. The van der Waals surface area contributed by atoms with Crippen LogP contribution in [0.3, 0.4) is 0 Å². The molecule has 7 nitrogen and oxygen atoms in total. The predicted molar refractivity (Wildman–Crippen MR) is 143 cm³/mol. The highest BCUT2D eigenvalue weighted by Crippen LogP contribution is 2.68. The summed E-state index contributed by atoms with van der Waals surface area (Å²) in [5, 5.41) is 0. The molecule has 0 amide bonds. The van der Waals surface area contributed by atoms with Crippen LogP contribution in [0.15, 0.2) is 0 Å². The Bertz CT molecular complexity index is 887. The van der Waals surface area contributed by atoms with Gasteiger partial charge >= 0.3 is 11.9 Å². The monoisotopic (exact) mass is 534 g/mol. The molecule has 38 heavy (non-hydrogen) atoms. The van der Waals surface area contributed by atoms with Crippen LogP contribution in [0.4, 0.5) is 0 Å². The first kappa shape index (κ1) is 29.5. The maximum atomic E-state index is 14.0. The minimum atomic E-state index is -0.814. The number of fused-ring (bicyclic) bond motifs is 5. The number of carbonyl (C=O) groups is 3. The van der Waals surface area contributed by atoms with Gasteiger partial charge in [0.25, 0.3) is 0 Å². The second-order valence-electron chi connectivity index (χ2n) is 13.0. The van der Waals surface area contributed by atoms with E-state index in [2.05, 4.69) is 20.8 Å². The van der Waals surface area contributed by atoms with Gasteiger partial charge in [0.15, 0.2) is 0 Å². The number of esters is 2. The average Bonchev–Trinajstić information content (AvgIpc) is 3.19. The van der Waals surface area contributed by atoms with Crippen molar-refractivity contribution in [2.75, 3.05) is 13.2 Å². The molecule has 11 atom stereocenters. The SMILES string of the molecule is CCO[C@@H](OC(C)=O)C1CC2C(=O)C[C@H]3[C@@H]4CC[C@H](CC)[C@@]4(C)CC[C@@H]3[C@@]2(C)CC1[C@@H](OCC)OC(C)=O. The lowest BCUT2D eigenvalue weighted by atomic mass is 9.42. The van der Waals surface area contributed by atoms with Crippen LogP contribution in [0.5, 0.6) is 0 Å². The van der Waals surface area contributed by atoms with Crippen LogP contribution < -0.4 is 0 Å². The van der Waals surface area contributed by atoms with Gasteiger partial charge in [-0.3, -0.25) is 14.4 Å². The summed E-state index contributed by atoms with van der Waals surface area (Å²) in [6.45, 7) is 14.4. The summed E-state index contributed by atoms with van der Waals surface area (Å²) in [5.41, 5.74) is 0.103. The van der Waals surface area contributed by atoms with Gasteiger partial charge < -0.3 is 18.9 Å². The van der Waals surface area contributed by atoms with Crippen molar-refractivity contribution in [3.63, 3.8) is 0 Å². The van der Waals surface area contributed by atoms with Gasteiger partial charge in [-0.2, -0.15) is 0 Å². The van der Waals surface area contributed by atoms with Gasteiger partial charge in [-0.1, -0.05) is 27.2 Å². The summed E-state index contributed by atoms with van der Waals surface area (Å²) in [6.07, 6.45) is 6.36. The molecule has 4 aliphatic rings. The lowest BCUT2D eigenvalue weighted by molar-refractivity contribution is -0.249. The van der Waals surface area contributed by atoms with E-state index in [1.165, 1.54) is 39.5 Å². The number of ketones is 1. The number of rotatable bonds is 9. The number of hydrogen-bond acceptors (Lipinski definition) is 7. The Morgan fingerprint density at radius 2 is 1.45 bits per heavy atom. The van der Waals surface area contributed by atoms with Crippen LogP contribution in [0.1, 0.15) is 99.8 Å². The van der Waals surface area contributed by atoms with Crippen LogP contribution >= 0.6 is 0 Å². The van der Waals surface area contributed by atoms with E-state index in [1.807, 2.05) is 13.8 Å². The van der Waals surface area contributed by atoms with E-state index in [-0.39, 0.29) is 23.2 Å². The third kappa shape index (κ3) is 5.18. The fourth-order valence-electron chi connectivity index (χ4n) is 9.73. The molecule has 0 aliphatic heterocycles. The maximum Gasteiger partial charge on any atom is 0.304 e. The van der Waals surface area contributed by atoms with E-state index in [1.54, 1.807) is 0 Å². The molecular weight excluding hydrogens is 484 g/mol. The van der Waals surface area contributed by atoms with Crippen LogP contribution in [-0.2, 0) is 33.3 Å². The molecule has 0 bridgehead atoms. The van der Waals surface area contributed by atoms with Crippen molar-refractivity contribution in [2.24, 2.45) is 52.3 Å². The largest absolute Gasteiger partial charge is 0.436 e. The molecule has 4 fully saturated rings. The molecule has 216 valence electrons. The lowest BCUT2D eigenvalue weighted by Crippen LogP contribution is -2.60. The second-order valence-corrected chi connectivity index (χ2v) is 13.0. The van der Waals surface area contributed by atoms with Gasteiger partial charge in [-0.15, -0.1) is 0 Å². The van der Waals surface area contributed by atoms with E-state index < -0.39 is 24.5 Å². The smallest absolute Gasteiger partial charge is 0.304 e. The van der Waals surface area contributed by atoms with Gasteiger partial charge in [0.2, 0.25) is 12.6 Å². The van der Waals surface area contributed by atoms with Gasteiger partial charge in [0.1, 0.15) is 5.78 Å². The number of Topliss-reactive ketones (excluding diaryl/α,β-unsaturated/α-hetero) is 1. The van der Waals surface area contributed by atoms with Crippen LogP contribution in [0.2, 0.25) is 0 Å². The average molecular weight is 535 g/mol. The third-order valence-corrected chi connectivity index (χ3v) is 11.3. The highest BCUT2D eigenvalue weighted by atomic mass is 16.7. The maximum absolute atomic E-state index is 14.0. The Labute approximate surface area is 229 Å². The van der Waals surface area contributed by atoms with E-state index in [0.717, 1.165) is 12.3 Å². The normalized spacial score (nSPS) is 41.9. The minimum Gasteiger partial charge on any atom is -0.436 e. The van der Waals surface area contributed by atoms with Crippen molar-refractivity contribution in [1.82, 2.24) is 0 Å². The van der Waals surface area contributed by atoms with Crippen LogP contribution in [0, 0.1) is 52.3 Å². The standard InChI is InChI=1S/C31H50O7/c1-8-20-11-12-24-22-16-27(34)26-15-21(28(35-9-2)37-18(4)32)23(29(36-10-3)38-19(5)33)17-31(26,7)25(22)13-14-30(20,24)6/h20-26,28-29H,8-17H2,1-7H3/t20-,21?,22-,23?,24-,25-,26?,28-,29-,30+,31+/m0/s1. The molecule has 0 aromatic rings. The third-order valence-electron chi connectivity index (χ3n) is 11.3.